The van der Waals surface area contributed by atoms with Gasteiger partial charge in [0.25, 0.3) is 0 Å². The Hall–Kier alpha value is -0.860. The lowest BCUT2D eigenvalue weighted by Crippen LogP contribution is -2.46. The van der Waals surface area contributed by atoms with E-state index in [1.807, 2.05) is 6.07 Å². The van der Waals surface area contributed by atoms with Crippen LogP contribution in [0, 0.1) is 17.3 Å². The molecule has 1 aliphatic heterocycles. The summed E-state index contributed by atoms with van der Waals surface area (Å²) >= 11 is 1.71. The van der Waals surface area contributed by atoms with Crippen molar-refractivity contribution >= 4 is 11.3 Å². The molecule has 0 radical (unpaired) electrons. The van der Waals surface area contributed by atoms with E-state index >= 15 is 0 Å². The van der Waals surface area contributed by atoms with Crippen molar-refractivity contribution < 1.29 is 10.2 Å². The molecule has 2 atom stereocenters. The average Bonchev–Trinajstić information content (AvgIpc) is 3.05. The Morgan fingerprint density at radius 3 is 2.95 bits per heavy atom. The second-order valence-electron chi connectivity index (χ2n) is 6.31. The van der Waals surface area contributed by atoms with Crippen LogP contribution < -0.4 is 0 Å². The molecule has 1 saturated heterocycles. The minimum atomic E-state index is -0.102. The molecule has 1 aromatic heterocycles. The van der Waals surface area contributed by atoms with E-state index in [9.17, 15) is 5.11 Å². The van der Waals surface area contributed by atoms with Crippen LogP contribution in [0.15, 0.2) is 12.1 Å². The van der Waals surface area contributed by atoms with Gasteiger partial charge in [-0.05, 0) is 44.4 Å². The fourth-order valence-electron chi connectivity index (χ4n) is 3.87. The van der Waals surface area contributed by atoms with E-state index in [1.54, 1.807) is 11.3 Å². The second kappa shape index (κ2) is 6.50. The molecule has 4 heteroatoms. The summed E-state index contributed by atoms with van der Waals surface area (Å²) in [4.78, 5) is 4.83. The number of aliphatic hydroxyl groups excluding tert-OH is 2. The SMILES string of the molecule is OCC#Cc1ccc(CN2CCC[C@]3(CCC[C@H]3O)C2)s1. The molecule has 0 aromatic carbocycles. The van der Waals surface area contributed by atoms with Gasteiger partial charge in [-0.3, -0.25) is 4.90 Å². The Bertz CT molecular complexity index is 544. The minimum absolute atomic E-state index is 0.0836. The molecule has 3 rings (SSSR count). The van der Waals surface area contributed by atoms with Gasteiger partial charge in [-0.25, -0.2) is 0 Å². The summed E-state index contributed by atoms with van der Waals surface area (Å²) in [6.07, 6.45) is 5.61. The highest BCUT2D eigenvalue weighted by molar-refractivity contribution is 7.12. The first kappa shape index (κ1) is 15.1. The second-order valence-corrected chi connectivity index (χ2v) is 7.48. The van der Waals surface area contributed by atoms with Gasteiger partial charge in [-0.15, -0.1) is 11.3 Å². The van der Waals surface area contributed by atoms with Gasteiger partial charge < -0.3 is 10.2 Å². The predicted molar refractivity (Wildman–Crippen MR) is 85.1 cm³/mol. The summed E-state index contributed by atoms with van der Waals surface area (Å²) in [7, 11) is 0. The van der Waals surface area contributed by atoms with Crippen molar-refractivity contribution in [2.75, 3.05) is 19.7 Å². The fraction of sp³-hybridized carbons (Fsp3) is 0.647. The molecule has 0 bridgehead atoms. The van der Waals surface area contributed by atoms with Gasteiger partial charge in [0.2, 0.25) is 0 Å². The number of nitrogens with zero attached hydrogens (tertiary/aromatic N) is 1. The zero-order valence-corrected chi connectivity index (χ0v) is 13.2. The lowest BCUT2D eigenvalue weighted by Gasteiger charge is -2.42. The van der Waals surface area contributed by atoms with Gasteiger partial charge in [-0.2, -0.15) is 0 Å². The first-order valence-corrected chi connectivity index (χ1v) is 8.62. The van der Waals surface area contributed by atoms with Gasteiger partial charge in [0, 0.05) is 23.4 Å². The van der Waals surface area contributed by atoms with Crippen LogP contribution in [0.3, 0.4) is 0 Å². The van der Waals surface area contributed by atoms with Crippen LogP contribution in [-0.2, 0) is 6.54 Å². The van der Waals surface area contributed by atoms with Crippen LogP contribution in [0.2, 0.25) is 0 Å². The Morgan fingerprint density at radius 1 is 1.33 bits per heavy atom. The lowest BCUT2D eigenvalue weighted by molar-refractivity contribution is -0.0117. The molecule has 0 amide bonds. The third-order valence-corrected chi connectivity index (χ3v) is 5.86. The smallest absolute Gasteiger partial charge is 0.104 e. The lowest BCUT2D eigenvalue weighted by atomic mass is 9.77. The maximum absolute atomic E-state index is 10.3. The monoisotopic (exact) mass is 305 g/mol. The molecule has 2 N–H and O–H groups in total. The summed E-state index contributed by atoms with van der Waals surface area (Å²) in [6.45, 7) is 3.04. The van der Waals surface area contributed by atoms with Crippen LogP contribution in [0.1, 0.15) is 41.9 Å². The van der Waals surface area contributed by atoms with Crippen molar-refractivity contribution in [3.05, 3.63) is 21.9 Å². The zero-order valence-electron chi connectivity index (χ0n) is 12.3. The molecule has 1 aromatic rings. The normalized spacial score (nSPS) is 29.5. The van der Waals surface area contributed by atoms with Crippen LogP contribution in [-0.4, -0.2) is 40.9 Å². The molecule has 2 aliphatic rings. The van der Waals surface area contributed by atoms with E-state index in [4.69, 9.17) is 5.11 Å². The Kier molecular flexibility index (Phi) is 4.66. The molecule has 2 fully saturated rings. The van der Waals surface area contributed by atoms with E-state index in [1.165, 1.54) is 30.6 Å². The Morgan fingerprint density at radius 2 is 2.19 bits per heavy atom. The topological polar surface area (TPSA) is 43.7 Å². The minimum Gasteiger partial charge on any atom is -0.393 e. The van der Waals surface area contributed by atoms with Crippen LogP contribution in [0.5, 0.6) is 0 Å². The van der Waals surface area contributed by atoms with Crippen molar-refractivity contribution in [2.45, 2.75) is 44.8 Å². The van der Waals surface area contributed by atoms with Crippen molar-refractivity contribution in [1.29, 1.82) is 0 Å². The average molecular weight is 305 g/mol. The summed E-state index contributed by atoms with van der Waals surface area (Å²) in [6, 6.07) is 4.17. The highest BCUT2D eigenvalue weighted by Gasteiger charge is 2.44. The first-order chi connectivity index (χ1) is 10.2. The van der Waals surface area contributed by atoms with Gasteiger partial charge in [0.15, 0.2) is 0 Å². The maximum atomic E-state index is 10.3. The third kappa shape index (κ3) is 3.32. The van der Waals surface area contributed by atoms with Crippen molar-refractivity contribution in [3.63, 3.8) is 0 Å². The molecule has 1 saturated carbocycles. The molecular formula is C17H23NO2S. The third-order valence-electron chi connectivity index (χ3n) is 4.88. The molecule has 21 heavy (non-hydrogen) atoms. The number of hydrogen-bond acceptors (Lipinski definition) is 4. The van der Waals surface area contributed by atoms with Gasteiger partial charge in [0.1, 0.15) is 6.61 Å². The first-order valence-electron chi connectivity index (χ1n) is 7.81. The predicted octanol–water partition coefficient (Wildman–Crippen LogP) is 2.22. The van der Waals surface area contributed by atoms with Crippen molar-refractivity contribution in [3.8, 4) is 11.8 Å². The van der Waals surface area contributed by atoms with Crippen LogP contribution in [0.4, 0.5) is 0 Å². The summed E-state index contributed by atoms with van der Waals surface area (Å²) in [5, 5.41) is 19.1. The number of likely N-dealkylation sites (tertiary alicyclic amines) is 1. The molecule has 0 unspecified atom stereocenters. The summed E-state index contributed by atoms with van der Waals surface area (Å²) < 4.78 is 0. The molecule has 1 spiro atoms. The Balaban J connectivity index is 1.63. The molecular weight excluding hydrogens is 282 g/mol. The van der Waals surface area contributed by atoms with E-state index < -0.39 is 0 Å². The van der Waals surface area contributed by atoms with E-state index in [2.05, 4.69) is 22.8 Å². The van der Waals surface area contributed by atoms with Gasteiger partial charge in [0.05, 0.1) is 11.0 Å². The number of rotatable bonds is 2. The number of piperidine rings is 1. The molecule has 3 nitrogen and oxygen atoms in total. The van der Waals surface area contributed by atoms with Gasteiger partial charge in [-0.1, -0.05) is 18.3 Å². The molecule has 1 aliphatic carbocycles. The van der Waals surface area contributed by atoms with Crippen molar-refractivity contribution in [2.24, 2.45) is 5.41 Å². The molecule has 2 heterocycles. The summed E-state index contributed by atoms with van der Waals surface area (Å²) in [5.74, 6) is 5.66. The standard InChI is InChI=1S/C17H23NO2S/c19-11-2-4-14-6-7-15(21-14)12-18-10-3-9-17(13-18)8-1-5-16(17)20/h6-7,16,19-20H,1,3,5,8-13H2/t16-,17-/m1/s1. The Labute approximate surface area is 130 Å². The van der Waals surface area contributed by atoms with E-state index in [0.29, 0.717) is 0 Å². The number of aliphatic hydroxyl groups is 2. The van der Waals surface area contributed by atoms with Gasteiger partial charge >= 0.3 is 0 Å². The van der Waals surface area contributed by atoms with Crippen LogP contribution >= 0.6 is 11.3 Å². The maximum Gasteiger partial charge on any atom is 0.104 e. The van der Waals surface area contributed by atoms with E-state index in [0.717, 1.165) is 30.9 Å². The van der Waals surface area contributed by atoms with Crippen molar-refractivity contribution in [1.82, 2.24) is 4.90 Å². The fourth-order valence-corrected chi connectivity index (χ4v) is 4.79. The largest absolute Gasteiger partial charge is 0.393 e. The number of thiophene rings is 1. The molecule has 114 valence electrons. The van der Waals surface area contributed by atoms with E-state index in [-0.39, 0.29) is 18.1 Å². The highest BCUT2D eigenvalue weighted by atomic mass is 32.1. The quantitative estimate of drug-likeness (QED) is 0.824. The zero-order chi connectivity index (χ0) is 14.7. The number of hydrogen-bond donors (Lipinski definition) is 2. The highest BCUT2D eigenvalue weighted by Crippen LogP contribution is 2.45. The summed E-state index contributed by atoms with van der Waals surface area (Å²) in [5.41, 5.74) is 0.162. The van der Waals surface area contributed by atoms with Crippen LogP contribution in [0.25, 0.3) is 0 Å².